The first-order valence-corrected chi connectivity index (χ1v) is 6.02. The molecule has 0 bridgehead atoms. The number of methoxy groups -OCH3 is 1. The molecule has 20 heavy (non-hydrogen) atoms. The first-order valence-electron chi connectivity index (χ1n) is 6.02. The lowest BCUT2D eigenvalue weighted by Crippen LogP contribution is -2.40. The van der Waals surface area contributed by atoms with E-state index in [9.17, 15) is 14.4 Å². The maximum absolute atomic E-state index is 11.8. The lowest BCUT2D eigenvalue weighted by molar-refractivity contribution is -0.121. The van der Waals surface area contributed by atoms with Gasteiger partial charge in [-0.3, -0.25) is 19.1 Å². The van der Waals surface area contributed by atoms with Crippen molar-refractivity contribution in [1.29, 1.82) is 0 Å². The predicted octanol–water partition coefficient (Wildman–Crippen LogP) is -1.69. The number of aromatic amines is 1. The van der Waals surface area contributed by atoms with Crippen LogP contribution < -0.4 is 27.6 Å². The number of aromatic nitrogens is 2. The van der Waals surface area contributed by atoms with E-state index in [4.69, 9.17) is 10.5 Å². The number of H-pyrrole nitrogens is 1. The second-order valence-electron chi connectivity index (χ2n) is 4.14. The summed E-state index contributed by atoms with van der Waals surface area (Å²) in [6.07, 6.45) is 0. The summed E-state index contributed by atoms with van der Waals surface area (Å²) in [7, 11) is 2.97. The molecule has 1 atom stereocenters. The monoisotopic (exact) mass is 285 g/mol. The highest BCUT2D eigenvalue weighted by Gasteiger charge is 2.17. The summed E-state index contributed by atoms with van der Waals surface area (Å²) in [5.41, 5.74) is 4.50. The minimum absolute atomic E-state index is 0.0168. The number of nitrogen functional groups attached to an aromatic ring is 1. The fraction of sp³-hybridized carbons (Fsp3) is 0.545. The van der Waals surface area contributed by atoms with Crippen LogP contribution in [-0.4, -0.2) is 42.3 Å². The summed E-state index contributed by atoms with van der Waals surface area (Å²) >= 11 is 0. The fourth-order valence-corrected chi connectivity index (χ4v) is 1.63. The summed E-state index contributed by atoms with van der Waals surface area (Å²) in [4.78, 5) is 37.0. The topological polar surface area (TPSA) is 131 Å². The number of carbonyl (C=O) groups excluding carboxylic acids is 1. The Labute approximate surface area is 115 Å². The van der Waals surface area contributed by atoms with E-state index in [0.717, 1.165) is 0 Å². The largest absolute Gasteiger partial charge is 0.383 e. The van der Waals surface area contributed by atoms with E-state index in [0.29, 0.717) is 0 Å². The maximum Gasteiger partial charge on any atom is 0.330 e. The summed E-state index contributed by atoms with van der Waals surface area (Å²) in [5.74, 6) is -0.343. The van der Waals surface area contributed by atoms with Crippen LogP contribution in [0, 0.1) is 0 Å². The van der Waals surface area contributed by atoms with Crippen molar-refractivity contribution in [2.45, 2.75) is 19.5 Å². The molecule has 1 heterocycles. The van der Waals surface area contributed by atoms with Crippen LogP contribution in [0.5, 0.6) is 0 Å². The molecule has 0 saturated carbocycles. The molecule has 0 saturated heterocycles. The number of hydrogen-bond donors (Lipinski definition) is 4. The van der Waals surface area contributed by atoms with Crippen molar-refractivity contribution in [2.24, 2.45) is 0 Å². The fourth-order valence-electron chi connectivity index (χ4n) is 1.63. The summed E-state index contributed by atoms with van der Waals surface area (Å²) in [6.45, 7) is 2.03. The molecule has 0 aliphatic carbocycles. The highest BCUT2D eigenvalue weighted by molar-refractivity contribution is 5.84. The zero-order chi connectivity index (χ0) is 15.3. The zero-order valence-corrected chi connectivity index (χ0v) is 11.6. The van der Waals surface area contributed by atoms with Gasteiger partial charge in [0, 0.05) is 14.2 Å². The Morgan fingerprint density at radius 1 is 1.50 bits per heavy atom. The Kier molecular flexibility index (Phi) is 5.32. The minimum Gasteiger partial charge on any atom is -0.383 e. The predicted molar refractivity (Wildman–Crippen MR) is 74.8 cm³/mol. The summed E-state index contributed by atoms with van der Waals surface area (Å²) in [5, 5.41) is 5.13. The molecule has 1 aromatic rings. The molecule has 9 heteroatoms. The minimum atomic E-state index is -0.670. The molecule has 5 N–H and O–H groups in total. The number of nitrogens with two attached hydrogens (primary N) is 1. The smallest absolute Gasteiger partial charge is 0.330 e. The van der Waals surface area contributed by atoms with E-state index in [1.54, 1.807) is 6.92 Å². The third-order valence-electron chi connectivity index (χ3n) is 2.76. The lowest BCUT2D eigenvalue weighted by atomic mass is 10.3. The number of hydrogen-bond acceptors (Lipinski definition) is 6. The van der Waals surface area contributed by atoms with Gasteiger partial charge < -0.3 is 21.1 Å². The van der Waals surface area contributed by atoms with Crippen molar-refractivity contribution in [3.8, 4) is 0 Å². The molecule has 112 valence electrons. The second kappa shape index (κ2) is 6.75. The molecule has 1 aromatic heterocycles. The van der Waals surface area contributed by atoms with E-state index in [2.05, 4.69) is 15.6 Å². The first-order chi connectivity index (χ1) is 9.42. The number of amides is 1. The van der Waals surface area contributed by atoms with Crippen LogP contribution in [0.4, 0.5) is 11.5 Å². The van der Waals surface area contributed by atoms with Crippen LogP contribution in [0.25, 0.3) is 0 Å². The van der Waals surface area contributed by atoms with Crippen LogP contribution >= 0.6 is 0 Å². The SMILES string of the molecule is CNC(=O)C(C)Nc1c(N)n(CCOC)c(=O)[nH]c1=O. The maximum atomic E-state index is 11.8. The second-order valence-corrected chi connectivity index (χ2v) is 4.14. The molecule has 1 rings (SSSR count). The molecule has 0 aliphatic heterocycles. The number of nitrogens with zero attached hydrogens (tertiary/aromatic N) is 1. The Bertz CT molecular complexity index is 591. The summed E-state index contributed by atoms with van der Waals surface area (Å²) in [6, 6.07) is -0.670. The highest BCUT2D eigenvalue weighted by Crippen LogP contribution is 2.11. The Morgan fingerprint density at radius 2 is 2.15 bits per heavy atom. The number of nitrogens with one attached hydrogen (secondary N) is 3. The van der Waals surface area contributed by atoms with E-state index in [1.165, 1.54) is 18.7 Å². The molecule has 0 radical (unpaired) electrons. The average Bonchev–Trinajstić information content (AvgIpc) is 2.42. The van der Waals surface area contributed by atoms with Crippen LogP contribution in [0.1, 0.15) is 6.92 Å². The van der Waals surface area contributed by atoms with Gasteiger partial charge in [0.1, 0.15) is 17.5 Å². The van der Waals surface area contributed by atoms with Gasteiger partial charge in [0.25, 0.3) is 5.56 Å². The molecular formula is C11H19N5O4. The number of rotatable bonds is 6. The Hall–Kier alpha value is -2.29. The normalized spacial score (nSPS) is 11.9. The van der Waals surface area contributed by atoms with Crippen molar-refractivity contribution in [2.75, 3.05) is 31.8 Å². The number of ether oxygens (including phenoxy) is 1. The van der Waals surface area contributed by atoms with Crippen molar-refractivity contribution < 1.29 is 9.53 Å². The van der Waals surface area contributed by atoms with E-state index >= 15 is 0 Å². The number of carbonyl (C=O) groups is 1. The molecule has 0 fully saturated rings. The van der Waals surface area contributed by atoms with Crippen LogP contribution in [-0.2, 0) is 16.1 Å². The molecule has 0 spiro atoms. The van der Waals surface area contributed by atoms with Gasteiger partial charge in [-0.25, -0.2) is 4.79 Å². The van der Waals surface area contributed by atoms with Crippen molar-refractivity contribution in [3.63, 3.8) is 0 Å². The summed E-state index contributed by atoms with van der Waals surface area (Å²) < 4.78 is 6.04. The van der Waals surface area contributed by atoms with Crippen molar-refractivity contribution in [1.82, 2.24) is 14.9 Å². The Morgan fingerprint density at radius 3 is 2.70 bits per heavy atom. The van der Waals surface area contributed by atoms with Gasteiger partial charge in [-0.1, -0.05) is 0 Å². The number of likely N-dealkylation sites (N-methyl/N-ethyl adjacent to an activating group) is 1. The lowest BCUT2D eigenvalue weighted by Gasteiger charge is -2.17. The van der Waals surface area contributed by atoms with E-state index in [1.807, 2.05) is 0 Å². The van der Waals surface area contributed by atoms with Crippen LogP contribution in [0.2, 0.25) is 0 Å². The standard InChI is InChI=1S/C11H19N5O4/c1-6(9(17)13-2)14-7-8(12)16(4-5-20-3)11(19)15-10(7)18/h6,14H,4-5,12H2,1-3H3,(H,13,17)(H,15,18,19). The third kappa shape index (κ3) is 3.38. The van der Waals surface area contributed by atoms with E-state index in [-0.39, 0.29) is 30.6 Å². The molecule has 0 aromatic carbocycles. The quantitative estimate of drug-likeness (QED) is 0.493. The van der Waals surface area contributed by atoms with Crippen LogP contribution in [0.15, 0.2) is 9.59 Å². The molecule has 9 nitrogen and oxygen atoms in total. The zero-order valence-electron chi connectivity index (χ0n) is 11.6. The molecule has 1 unspecified atom stereocenters. The number of anilines is 2. The Balaban J connectivity index is 3.16. The first kappa shape index (κ1) is 15.8. The molecule has 0 aliphatic rings. The highest BCUT2D eigenvalue weighted by atomic mass is 16.5. The molecular weight excluding hydrogens is 266 g/mol. The van der Waals surface area contributed by atoms with Gasteiger partial charge in [0.2, 0.25) is 5.91 Å². The average molecular weight is 285 g/mol. The van der Waals surface area contributed by atoms with Gasteiger partial charge >= 0.3 is 5.69 Å². The van der Waals surface area contributed by atoms with Crippen LogP contribution in [0.3, 0.4) is 0 Å². The van der Waals surface area contributed by atoms with Crippen molar-refractivity contribution in [3.05, 3.63) is 20.8 Å². The van der Waals surface area contributed by atoms with E-state index < -0.39 is 17.3 Å². The van der Waals surface area contributed by atoms with Gasteiger partial charge in [0.05, 0.1) is 13.2 Å². The van der Waals surface area contributed by atoms with Gasteiger partial charge in [-0.15, -0.1) is 0 Å². The van der Waals surface area contributed by atoms with Gasteiger partial charge in [0.15, 0.2) is 0 Å². The van der Waals surface area contributed by atoms with Gasteiger partial charge in [-0.05, 0) is 6.92 Å². The van der Waals surface area contributed by atoms with Gasteiger partial charge in [-0.2, -0.15) is 0 Å². The molecule has 1 amide bonds. The van der Waals surface area contributed by atoms with Crippen molar-refractivity contribution >= 4 is 17.4 Å². The third-order valence-corrected chi connectivity index (χ3v) is 2.76.